The van der Waals surface area contributed by atoms with Crippen molar-refractivity contribution in [1.82, 2.24) is 0 Å². The maximum Gasteiger partial charge on any atom is 0.100 e. The van der Waals surface area contributed by atoms with Crippen molar-refractivity contribution < 1.29 is 0 Å². The Bertz CT molecular complexity index is 673. The largest absolute Gasteiger partial charge is 0.280 e. The van der Waals surface area contributed by atoms with E-state index in [1.54, 1.807) is 0 Å². The van der Waals surface area contributed by atoms with Crippen LogP contribution in [-0.4, -0.2) is 12.8 Å². The topological polar surface area (TPSA) is 12.4 Å². The molecular formula is C18H16ClN. The maximum absolute atomic E-state index is 5.82. The van der Waals surface area contributed by atoms with Gasteiger partial charge in [0, 0.05) is 16.8 Å². The molecule has 0 atom stereocenters. The summed E-state index contributed by atoms with van der Waals surface area (Å²) in [6.45, 7) is 4.66. The van der Waals surface area contributed by atoms with Gasteiger partial charge in [-0.2, -0.15) is 0 Å². The lowest BCUT2D eigenvalue weighted by molar-refractivity contribution is 1.30. The zero-order chi connectivity index (χ0) is 14.4. The molecular weight excluding hydrogens is 266 g/mol. The Hall–Kier alpha value is -2.04. The van der Waals surface area contributed by atoms with E-state index in [-0.39, 0.29) is 0 Å². The number of aliphatic imine (C=N–C) groups is 1. The lowest BCUT2D eigenvalue weighted by Gasteiger charge is -1.98. The molecule has 0 saturated heterocycles. The lowest BCUT2D eigenvalue weighted by atomic mass is 10.1. The minimum atomic E-state index is 0.496. The summed E-state index contributed by atoms with van der Waals surface area (Å²) in [5, 5.41) is 0.733. The van der Waals surface area contributed by atoms with Crippen LogP contribution in [0.3, 0.4) is 0 Å². The number of rotatable bonds is 2. The predicted molar refractivity (Wildman–Crippen MR) is 86.7 cm³/mol. The molecule has 0 aliphatic carbocycles. The van der Waals surface area contributed by atoms with E-state index in [1.807, 2.05) is 30.5 Å². The highest BCUT2D eigenvalue weighted by atomic mass is 35.5. The van der Waals surface area contributed by atoms with Gasteiger partial charge in [-0.1, -0.05) is 53.3 Å². The molecule has 0 aliphatic rings. The van der Waals surface area contributed by atoms with Gasteiger partial charge in [-0.05, 0) is 43.2 Å². The second kappa shape index (κ2) is 6.93. The molecule has 100 valence electrons. The summed E-state index contributed by atoms with van der Waals surface area (Å²) in [6, 6.07) is 13.8. The second-order valence-electron chi connectivity index (χ2n) is 4.64. The molecule has 0 radical (unpaired) electrons. The molecule has 0 aliphatic heterocycles. The first-order chi connectivity index (χ1) is 9.65. The Kier molecular flexibility index (Phi) is 4.98. The van der Waals surface area contributed by atoms with E-state index < -0.39 is 0 Å². The summed E-state index contributed by atoms with van der Waals surface area (Å²) in [5.74, 6) is 6.22. The zero-order valence-corrected chi connectivity index (χ0v) is 12.4. The standard InChI is InChI=1S/C18H16ClN/c1-14-5-8-17(15(2)12-14)4-3-11-20-13-16-6-9-18(19)10-7-16/h5-10,12-13H,11H2,1-2H3/b20-13+. The van der Waals surface area contributed by atoms with Crippen LogP contribution >= 0.6 is 11.6 Å². The molecule has 0 amide bonds. The van der Waals surface area contributed by atoms with Crippen LogP contribution in [0.1, 0.15) is 22.3 Å². The summed E-state index contributed by atoms with van der Waals surface area (Å²) in [6.07, 6.45) is 1.81. The van der Waals surface area contributed by atoms with Crippen molar-refractivity contribution in [1.29, 1.82) is 0 Å². The van der Waals surface area contributed by atoms with Gasteiger partial charge in [0.25, 0.3) is 0 Å². The first-order valence-corrected chi connectivity index (χ1v) is 6.84. The third-order valence-electron chi connectivity index (χ3n) is 2.89. The Morgan fingerprint density at radius 3 is 2.55 bits per heavy atom. The molecule has 0 unspecified atom stereocenters. The molecule has 0 heterocycles. The van der Waals surface area contributed by atoms with Crippen LogP contribution in [0, 0.1) is 25.7 Å². The molecule has 0 N–H and O–H groups in total. The van der Waals surface area contributed by atoms with Crippen molar-refractivity contribution in [2.45, 2.75) is 13.8 Å². The quantitative estimate of drug-likeness (QED) is 0.570. The van der Waals surface area contributed by atoms with E-state index in [0.29, 0.717) is 6.54 Å². The smallest absolute Gasteiger partial charge is 0.100 e. The van der Waals surface area contributed by atoms with E-state index >= 15 is 0 Å². The summed E-state index contributed by atoms with van der Waals surface area (Å²) in [4.78, 5) is 4.29. The van der Waals surface area contributed by atoms with Crippen molar-refractivity contribution >= 4 is 17.8 Å². The monoisotopic (exact) mass is 281 g/mol. The third kappa shape index (κ3) is 4.26. The van der Waals surface area contributed by atoms with Crippen molar-refractivity contribution in [2.75, 3.05) is 6.54 Å². The summed E-state index contributed by atoms with van der Waals surface area (Å²) in [7, 11) is 0. The highest BCUT2D eigenvalue weighted by molar-refractivity contribution is 6.30. The minimum Gasteiger partial charge on any atom is -0.280 e. The number of aryl methyl sites for hydroxylation is 2. The zero-order valence-electron chi connectivity index (χ0n) is 11.7. The molecule has 0 fully saturated rings. The van der Waals surface area contributed by atoms with Crippen LogP contribution in [0.25, 0.3) is 0 Å². The van der Waals surface area contributed by atoms with Crippen molar-refractivity contribution in [3.8, 4) is 11.8 Å². The normalized spacial score (nSPS) is 10.3. The molecule has 2 rings (SSSR count). The first-order valence-electron chi connectivity index (χ1n) is 6.47. The predicted octanol–water partition coefficient (Wildman–Crippen LogP) is 4.43. The van der Waals surface area contributed by atoms with Gasteiger partial charge < -0.3 is 0 Å². The van der Waals surface area contributed by atoms with Crippen LogP contribution in [0.15, 0.2) is 47.5 Å². The van der Waals surface area contributed by atoms with Crippen LogP contribution < -0.4 is 0 Å². The average molecular weight is 282 g/mol. The second-order valence-corrected chi connectivity index (χ2v) is 5.08. The van der Waals surface area contributed by atoms with E-state index in [2.05, 4.69) is 48.9 Å². The number of halogens is 1. The molecule has 0 spiro atoms. The molecule has 2 aromatic carbocycles. The van der Waals surface area contributed by atoms with Crippen molar-refractivity contribution in [2.24, 2.45) is 4.99 Å². The van der Waals surface area contributed by atoms with Crippen LogP contribution in [0.5, 0.6) is 0 Å². The number of hydrogen-bond acceptors (Lipinski definition) is 1. The Labute approximate surface area is 125 Å². The Morgan fingerprint density at radius 1 is 1.10 bits per heavy atom. The molecule has 0 aromatic heterocycles. The fourth-order valence-electron chi connectivity index (χ4n) is 1.83. The van der Waals surface area contributed by atoms with Crippen LogP contribution in [-0.2, 0) is 0 Å². The van der Waals surface area contributed by atoms with Crippen LogP contribution in [0.4, 0.5) is 0 Å². The van der Waals surface area contributed by atoms with Gasteiger partial charge >= 0.3 is 0 Å². The third-order valence-corrected chi connectivity index (χ3v) is 3.14. The van der Waals surface area contributed by atoms with Crippen molar-refractivity contribution in [3.05, 3.63) is 69.7 Å². The highest BCUT2D eigenvalue weighted by Gasteiger charge is 1.93. The average Bonchev–Trinajstić information content (AvgIpc) is 2.42. The van der Waals surface area contributed by atoms with Gasteiger partial charge in [0.15, 0.2) is 0 Å². The number of hydrogen-bond donors (Lipinski definition) is 0. The number of nitrogens with zero attached hydrogens (tertiary/aromatic N) is 1. The molecule has 1 nitrogen and oxygen atoms in total. The Balaban J connectivity index is 1.96. The summed E-state index contributed by atoms with van der Waals surface area (Å²) in [5.41, 5.74) is 4.56. The SMILES string of the molecule is Cc1ccc(C#CC/N=C/c2ccc(Cl)cc2)c(C)c1. The lowest BCUT2D eigenvalue weighted by Crippen LogP contribution is -1.85. The molecule has 20 heavy (non-hydrogen) atoms. The number of benzene rings is 2. The van der Waals surface area contributed by atoms with Gasteiger partial charge in [0.1, 0.15) is 6.54 Å². The minimum absolute atomic E-state index is 0.496. The summed E-state index contributed by atoms with van der Waals surface area (Å²) >= 11 is 5.82. The van der Waals surface area contributed by atoms with Gasteiger partial charge in [-0.25, -0.2) is 0 Å². The van der Waals surface area contributed by atoms with Crippen LogP contribution in [0.2, 0.25) is 5.02 Å². The molecule has 2 heteroatoms. The fraction of sp³-hybridized carbons (Fsp3) is 0.167. The van der Waals surface area contributed by atoms with Gasteiger partial charge in [-0.15, -0.1) is 0 Å². The molecule has 0 saturated carbocycles. The van der Waals surface area contributed by atoms with Crippen molar-refractivity contribution in [3.63, 3.8) is 0 Å². The first kappa shape index (κ1) is 14.4. The van der Waals surface area contributed by atoms with Gasteiger partial charge in [0.05, 0.1) is 0 Å². The van der Waals surface area contributed by atoms with E-state index in [4.69, 9.17) is 11.6 Å². The Morgan fingerprint density at radius 2 is 1.85 bits per heavy atom. The van der Waals surface area contributed by atoms with Gasteiger partial charge in [0.2, 0.25) is 0 Å². The molecule has 2 aromatic rings. The van der Waals surface area contributed by atoms with Gasteiger partial charge in [-0.3, -0.25) is 4.99 Å². The van der Waals surface area contributed by atoms with E-state index in [0.717, 1.165) is 16.1 Å². The highest BCUT2D eigenvalue weighted by Crippen LogP contribution is 2.09. The maximum atomic E-state index is 5.82. The van der Waals surface area contributed by atoms with E-state index in [1.165, 1.54) is 11.1 Å². The summed E-state index contributed by atoms with van der Waals surface area (Å²) < 4.78 is 0. The van der Waals surface area contributed by atoms with E-state index in [9.17, 15) is 0 Å². The fourth-order valence-corrected chi connectivity index (χ4v) is 1.96. The molecule has 0 bridgehead atoms.